The molecule has 2 rings (SSSR count). The van der Waals surface area contributed by atoms with Gasteiger partial charge in [-0.1, -0.05) is 40.9 Å². The molecule has 0 unspecified atom stereocenters. The average molecular weight is 418 g/mol. The van der Waals surface area contributed by atoms with Gasteiger partial charge in [-0.05, 0) is 6.07 Å². The molecule has 0 aliphatic carbocycles. The lowest BCUT2D eigenvalue weighted by atomic mass is 10.2. The van der Waals surface area contributed by atoms with Crippen molar-refractivity contribution in [2.75, 3.05) is 18.1 Å². The van der Waals surface area contributed by atoms with Crippen molar-refractivity contribution in [3.8, 4) is 0 Å². The zero-order chi connectivity index (χ0) is 19.4. The number of carbonyl (C=O) groups excluding carboxylic acids is 1. The van der Waals surface area contributed by atoms with Crippen LogP contribution < -0.4 is 16.5 Å². The van der Waals surface area contributed by atoms with Crippen LogP contribution in [0.1, 0.15) is 16.1 Å². The predicted octanol–water partition coefficient (Wildman–Crippen LogP) is 3.34. The number of nitro benzene ring substituents is 1. The second-order valence-corrected chi connectivity index (χ2v) is 5.89. The molecule has 0 fully saturated rings. The highest BCUT2D eigenvalue weighted by Crippen LogP contribution is 2.34. The van der Waals surface area contributed by atoms with Gasteiger partial charge in [0.25, 0.3) is 11.6 Å². The molecule has 26 heavy (non-hydrogen) atoms. The Morgan fingerprint density at radius 1 is 1.35 bits per heavy atom. The zero-order valence-electron chi connectivity index (χ0n) is 13.1. The van der Waals surface area contributed by atoms with Crippen molar-refractivity contribution < 1.29 is 9.72 Å². The second-order valence-electron chi connectivity index (χ2n) is 4.78. The number of hydrogen-bond donors (Lipinski definition) is 3. The van der Waals surface area contributed by atoms with Gasteiger partial charge in [0.15, 0.2) is 10.8 Å². The van der Waals surface area contributed by atoms with Crippen LogP contribution in [0.25, 0.3) is 0 Å². The lowest BCUT2D eigenvalue weighted by Gasteiger charge is -2.07. The first-order valence-electron chi connectivity index (χ1n) is 6.85. The first-order valence-corrected chi connectivity index (χ1v) is 7.99. The third kappa shape index (κ3) is 4.13. The summed E-state index contributed by atoms with van der Waals surface area (Å²) in [5.74, 6) is -0.780. The summed E-state index contributed by atoms with van der Waals surface area (Å²) in [5, 5.41) is 17.0. The van der Waals surface area contributed by atoms with Crippen molar-refractivity contribution in [3.05, 3.63) is 54.8 Å². The van der Waals surface area contributed by atoms with E-state index in [2.05, 4.69) is 20.8 Å². The number of nitrogens with one attached hydrogen (secondary N) is 2. The van der Waals surface area contributed by atoms with Crippen LogP contribution in [-0.4, -0.2) is 29.1 Å². The Bertz CT molecular complexity index is 919. The van der Waals surface area contributed by atoms with E-state index in [-0.39, 0.29) is 32.3 Å². The van der Waals surface area contributed by atoms with Crippen molar-refractivity contribution in [3.63, 3.8) is 0 Å². The van der Waals surface area contributed by atoms with Crippen molar-refractivity contribution in [2.45, 2.75) is 0 Å². The number of aromatic nitrogens is 1. The van der Waals surface area contributed by atoms with E-state index in [1.54, 1.807) is 13.1 Å². The fourth-order valence-electron chi connectivity index (χ4n) is 1.89. The Kier molecular flexibility index (Phi) is 6.19. The smallest absolute Gasteiger partial charge is 0.292 e. The molecule has 1 aromatic heterocycles. The number of halogens is 3. The van der Waals surface area contributed by atoms with Gasteiger partial charge in [-0.15, -0.1) is 0 Å². The molecule has 1 amide bonds. The van der Waals surface area contributed by atoms with E-state index in [1.165, 1.54) is 18.3 Å². The zero-order valence-corrected chi connectivity index (χ0v) is 15.4. The summed E-state index contributed by atoms with van der Waals surface area (Å²) in [6, 6.07) is 4.39. The summed E-state index contributed by atoms with van der Waals surface area (Å²) in [4.78, 5) is 26.3. The number of pyridine rings is 1. The van der Waals surface area contributed by atoms with E-state index in [0.717, 1.165) is 0 Å². The molecule has 0 aliphatic heterocycles. The standard InChI is InChI=1S/C14H11Cl3N6O3/c1-19-7-3-2-6(4-8(7)23(25)26)5-20-22-14(24)12-9(15)11(18)10(16)13(17)21-12/h2-5,19H,1H3,(H2,18,21)(H,22,24)/b20-5+. The van der Waals surface area contributed by atoms with E-state index in [1.807, 2.05) is 0 Å². The quantitative estimate of drug-likeness (QED) is 0.295. The minimum absolute atomic E-state index is 0.0614. The van der Waals surface area contributed by atoms with Gasteiger partial charge in [-0.25, -0.2) is 10.4 Å². The van der Waals surface area contributed by atoms with Gasteiger partial charge in [-0.3, -0.25) is 14.9 Å². The van der Waals surface area contributed by atoms with Crippen LogP contribution in [0, 0.1) is 10.1 Å². The number of rotatable bonds is 5. The van der Waals surface area contributed by atoms with Gasteiger partial charge in [-0.2, -0.15) is 5.10 Å². The molecular weight excluding hydrogens is 407 g/mol. The maximum Gasteiger partial charge on any atom is 0.292 e. The molecule has 2 aromatic rings. The van der Waals surface area contributed by atoms with Crippen LogP contribution in [0.15, 0.2) is 23.3 Å². The molecule has 4 N–H and O–H groups in total. The van der Waals surface area contributed by atoms with Gasteiger partial charge < -0.3 is 11.1 Å². The van der Waals surface area contributed by atoms with Gasteiger partial charge in [0.2, 0.25) is 0 Å². The Morgan fingerprint density at radius 2 is 2.04 bits per heavy atom. The number of anilines is 2. The summed E-state index contributed by atoms with van der Waals surface area (Å²) in [5.41, 5.74) is 8.08. The fraction of sp³-hybridized carbons (Fsp3) is 0.0714. The Morgan fingerprint density at radius 3 is 2.65 bits per heavy atom. The van der Waals surface area contributed by atoms with E-state index < -0.39 is 10.8 Å². The number of nitrogen functional groups attached to an aromatic ring is 1. The molecule has 0 bridgehead atoms. The minimum Gasteiger partial charge on any atom is -0.396 e. The molecule has 136 valence electrons. The first-order chi connectivity index (χ1) is 12.3. The highest BCUT2D eigenvalue weighted by atomic mass is 35.5. The molecule has 0 saturated carbocycles. The van der Waals surface area contributed by atoms with Crippen molar-refractivity contribution in [1.82, 2.24) is 10.4 Å². The normalized spacial score (nSPS) is 10.8. The Labute approximate surface area is 162 Å². The largest absolute Gasteiger partial charge is 0.396 e. The molecule has 1 aromatic carbocycles. The molecule has 0 atom stereocenters. The Balaban J connectivity index is 2.20. The molecule has 0 aliphatic rings. The summed E-state index contributed by atoms with van der Waals surface area (Å²) < 4.78 is 0. The van der Waals surface area contributed by atoms with E-state index in [4.69, 9.17) is 40.5 Å². The fourth-order valence-corrected chi connectivity index (χ4v) is 2.49. The summed E-state index contributed by atoms with van der Waals surface area (Å²) in [6.45, 7) is 0. The number of hydrogen-bond acceptors (Lipinski definition) is 7. The lowest BCUT2D eigenvalue weighted by Crippen LogP contribution is -2.20. The number of nitrogens with two attached hydrogens (primary N) is 1. The number of nitrogens with zero attached hydrogens (tertiary/aromatic N) is 3. The van der Waals surface area contributed by atoms with Gasteiger partial charge in [0, 0.05) is 18.7 Å². The number of benzene rings is 1. The number of nitro groups is 1. The number of hydrazone groups is 1. The van der Waals surface area contributed by atoms with Crippen LogP contribution in [-0.2, 0) is 0 Å². The SMILES string of the molecule is CNc1ccc(/C=N/NC(=O)c2nc(Cl)c(Cl)c(N)c2Cl)cc1[N+](=O)[O-]. The molecule has 0 radical (unpaired) electrons. The lowest BCUT2D eigenvalue weighted by molar-refractivity contribution is -0.383. The van der Waals surface area contributed by atoms with Crippen LogP contribution in [0.2, 0.25) is 15.2 Å². The summed E-state index contributed by atoms with van der Waals surface area (Å²) in [7, 11) is 1.57. The molecule has 12 heteroatoms. The van der Waals surface area contributed by atoms with Crippen molar-refractivity contribution in [2.24, 2.45) is 5.10 Å². The van der Waals surface area contributed by atoms with Gasteiger partial charge in [0.1, 0.15) is 10.7 Å². The van der Waals surface area contributed by atoms with Gasteiger partial charge >= 0.3 is 0 Å². The second kappa shape index (κ2) is 8.17. The first kappa shape index (κ1) is 19.7. The topological polar surface area (TPSA) is 136 Å². The van der Waals surface area contributed by atoms with Crippen molar-refractivity contribution in [1.29, 1.82) is 0 Å². The maximum atomic E-state index is 12.1. The highest BCUT2D eigenvalue weighted by molar-refractivity contribution is 6.46. The van der Waals surface area contributed by atoms with Crippen molar-refractivity contribution >= 4 is 64.0 Å². The van der Waals surface area contributed by atoms with E-state index in [0.29, 0.717) is 11.3 Å². The van der Waals surface area contributed by atoms with Crippen LogP contribution in [0.4, 0.5) is 17.1 Å². The van der Waals surface area contributed by atoms with E-state index in [9.17, 15) is 14.9 Å². The number of carbonyl (C=O) groups is 1. The van der Waals surface area contributed by atoms with E-state index >= 15 is 0 Å². The third-order valence-corrected chi connectivity index (χ3v) is 4.29. The average Bonchev–Trinajstić information content (AvgIpc) is 2.62. The third-order valence-electron chi connectivity index (χ3n) is 3.15. The molecule has 9 nitrogen and oxygen atoms in total. The Hall–Kier alpha value is -2.62. The van der Waals surface area contributed by atoms with Crippen LogP contribution in [0.3, 0.4) is 0 Å². The molecule has 0 saturated heterocycles. The minimum atomic E-state index is -0.780. The van der Waals surface area contributed by atoms with Crippen LogP contribution in [0.5, 0.6) is 0 Å². The number of amides is 1. The summed E-state index contributed by atoms with van der Waals surface area (Å²) in [6.07, 6.45) is 1.22. The molecule has 1 heterocycles. The monoisotopic (exact) mass is 416 g/mol. The predicted molar refractivity (Wildman–Crippen MR) is 101 cm³/mol. The molecule has 0 spiro atoms. The summed E-state index contributed by atoms with van der Waals surface area (Å²) >= 11 is 17.5. The maximum absolute atomic E-state index is 12.1. The van der Waals surface area contributed by atoms with Gasteiger partial charge in [0.05, 0.1) is 21.8 Å². The van der Waals surface area contributed by atoms with Crippen LogP contribution >= 0.6 is 34.8 Å². The molecular formula is C14H11Cl3N6O3. The highest BCUT2D eigenvalue weighted by Gasteiger charge is 2.19.